The van der Waals surface area contributed by atoms with Gasteiger partial charge in [0.2, 0.25) is 5.88 Å². The van der Waals surface area contributed by atoms with Crippen LogP contribution in [0.3, 0.4) is 0 Å². The minimum Gasteiger partial charge on any atom is -0.471 e. The molecule has 0 radical (unpaired) electrons. The van der Waals surface area contributed by atoms with Gasteiger partial charge in [0.05, 0.1) is 22.1 Å². The number of alkyl halides is 1. The SMILES string of the molecule is C#Cc1c(F)ccc2cccc(-c3c(F)cc4c(OC(C)(C)C)nc(OC[C@@]56CCCN5[C@H](CF)CC6)nc4c3F)c12. The number of ether oxygens (including phenoxy) is 2. The van der Waals surface area contributed by atoms with Gasteiger partial charge in [-0.25, -0.2) is 17.6 Å². The maximum atomic E-state index is 16.5. The van der Waals surface area contributed by atoms with Crippen LogP contribution < -0.4 is 9.47 Å². The lowest BCUT2D eigenvalue weighted by Crippen LogP contribution is -2.47. The molecule has 2 aliphatic rings. The first kappa shape index (κ1) is 28.2. The molecule has 3 aromatic carbocycles. The minimum atomic E-state index is -0.977. The second kappa shape index (κ2) is 10.4. The maximum absolute atomic E-state index is 16.5. The van der Waals surface area contributed by atoms with Crippen LogP contribution in [0.2, 0.25) is 0 Å². The van der Waals surface area contributed by atoms with Crippen LogP contribution in [0.5, 0.6) is 11.9 Å². The second-order valence-electron chi connectivity index (χ2n) is 12.1. The third kappa shape index (κ3) is 4.72. The summed E-state index contributed by atoms with van der Waals surface area (Å²) >= 11 is 0. The molecule has 0 bridgehead atoms. The Kier molecular flexibility index (Phi) is 7.01. The number of fused-ring (bicyclic) bond motifs is 3. The standard InChI is InChI=1S/C33H31F4N3O2/c1-5-21-24(35)11-10-19-8-6-9-22(26(19)21)27-25(36)16-23-29(28(27)37)38-31(39-30(23)42-32(2,3)4)41-18-33-13-7-15-40(33)20(17-34)12-14-33/h1,6,8-11,16,20H,7,12-15,17-18H2,2-4H3/t20-,33-/m0/s1. The molecule has 2 saturated heterocycles. The molecule has 5 nitrogen and oxygen atoms in total. The summed E-state index contributed by atoms with van der Waals surface area (Å²) in [6.45, 7) is 5.95. The van der Waals surface area contributed by atoms with Crippen LogP contribution in [0.25, 0.3) is 32.8 Å². The van der Waals surface area contributed by atoms with Crippen molar-refractivity contribution in [1.29, 1.82) is 0 Å². The number of rotatable bonds is 6. The fourth-order valence-corrected chi connectivity index (χ4v) is 6.51. The van der Waals surface area contributed by atoms with Gasteiger partial charge in [-0.05, 0) is 76.1 Å². The summed E-state index contributed by atoms with van der Waals surface area (Å²) in [5, 5.41) is 0.782. The van der Waals surface area contributed by atoms with Gasteiger partial charge in [-0.3, -0.25) is 4.90 Å². The molecule has 6 rings (SSSR count). The average molecular weight is 578 g/mol. The highest BCUT2D eigenvalue weighted by molar-refractivity contribution is 6.02. The molecule has 42 heavy (non-hydrogen) atoms. The molecule has 0 aliphatic carbocycles. The van der Waals surface area contributed by atoms with Gasteiger partial charge in [0.15, 0.2) is 5.82 Å². The lowest BCUT2D eigenvalue weighted by Gasteiger charge is -2.33. The Bertz CT molecular complexity index is 1750. The number of terminal acetylenes is 1. The maximum Gasteiger partial charge on any atom is 0.320 e. The zero-order chi connectivity index (χ0) is 29.8. The lowest BCUT2D eigenvalue weighted by atomic mass is 9.93. The largest absolute Gasteiger partial charge is 0.471 e. The molecule has 2 aliphatic heterocycles. The Morgan fingerprint density at radius 3 is 2.64 bits per heavy atom. The number of hydrogen-bond acceptors (Lipinski definition) is 5. The van der Waals surface area contributed by atoms with E-state index in [1.165, 1.54) is 18.2 Å². The summed E-state index contributed by atoms with van der Waals surface area (Å²) in [5.74, 6) is -0.256. The van der Waals surface area contributed by atoms with Crippen molar-refractivity contribution in [2.45, 2.75) is 63.6 Å². The summed E-state index contributed by atoms with van der Waals surface area (Å²) in [6, 6.07) is 8.40. The van der Waals surface area contributed by atoms with Crippen molar-refractivity contribution in [3.05, 3.63) is 59.4 Å². The van der Waals surface area contributed by atoms with Gasteiger partial charge in [-0.2, -0.15) is 9.97 Å². The van der Waals surface area contributed by atoms with Crippen molar-refractivity contribution >= 4 is 21.7 Å². The molecule has 2 fully saturated rings. The molecule has 0 amide bonds. The Morgan fingerprint density at radius 2 is 1.90 bits per heavy atom. The smallest absolute Gasteiger partial charge is 0.320 e. The summed E-state index contributed by atoms with van der Waals surface area (Å²) in [4.78, 5) is 11.0. The Labute approximate surface area is 241 Å². The Balaban J connectivity index is 1.50. The molecule has 0 spiro atoms. The molecule has 0 N–H and O–H groups in total. The molecular formula is C33H31F4N3O2. The number of nitrogens with zero attached hydrogens (tertiary/aromatic N) is 3. The van der Waals surface area contributed by atoms with E-state index >= 15 is 8.78 Å². The molecule has 218 valence electrons. The van der Waals surface area contributed by atoms with Gasteiger partial charge < -0.3 is 9.47 Å². The highest BCUT2D eigenvalue weighted by Gasteiger charge is 2.49. The Morgan fingerprint density at radius 1 is 1.10 bits per heavy atom. The first-order valence-electron chi connectivity index (χ1n) is 14.1. The van der Waals surface area contributed by atoms with Crippen molar-refractivity contribution in [2.75, 3.05) is 19.8 Å². The van der Waals surface area contributed by atoms with E-state index in [1.54, 1.807) is 32.9 Å². The predicted molar refractivity (Wildman–Crippen MR) is 154 cm³/mol. The summed E-state index contributed by atoms with van der Waals surface area (Å²) in [7, 11) is 0. The van der Waals surface area contributed by atoms with Crippen LogP contribution in [0.4, 0.5) is 17.6 Å². The molecule has 4 aromatic rings. The zero-order valence-corrected chi connectivity index (χ0v) is 23.7. The number of halogens is 4. The van der Waals surface area contributed by atoms with Crippen molar-refractivity contribution in [3.8, 4) is 35.4 Å². The first-order chi connectivity index (χ1) is 20.0. The second-order valence-corrected chi connectivity index (χ2v) is 12.1. The van der Waals surface area contributed by atoms with Crippen LogP contribution >= 0.6 is 0 Å². The quantitative estimate of drug-likeness (QED) is 0.177. The van der Waals surface area contributed by atoms with Gasteiger partial charge in [0, 0.05) is 11.4 Å². The molecule has 3 heterocycles. The van der Waals surface area contributed by atoms with Crippen LogP contribution in [-0.2, 0) is 0 Å². The van der Waals surface area contributed by atoms with Gasteiger partial charge in [0.1, 0.15) is 36.0 Å². The van der Waals surface area contributed by atoms with E-state index in [1.807, 2.05) is 0 Å². The van der Waals surface area contributed by atoms with Gasteiger partial charge in [0.25, 0.3) is 0 Å². The zero-order valence-electron chi connectivity index (χ0n) is 23.7. The van der Waals surface area contributed by atoms with Crippen molar-refractivity contribution < 1.29 is 27.0 Å². The summed E-state index contributed by atoms with van der Waals surface area (Å²) < 4.78 is 72.8. The topological polar surface area (TPSA) is 47.5 Å². The van der Waals surface area contributed by atoms with E-state index < -0.39 is 35.3 Å². The van der Waals surface area contributed by atoms with Crippen molar-refractivity contribution in [2.24, 2.45) is 0 Å². The summed E-state index contributed by atoms with van der Waals surface area (Å²) in [6.07, 6.45) is 8.90. The van der Waals surface area contributed by atoms with E-state index in [2.05, 4.69) is 20.8 Å². The van der Waals surface area contributed by atoms with Crippen molar-refractivity contribution in [3.63, 3.8) is 0 Å². The van der Waals surface area contributed by atoms with E-state index in [0.29, 0.717) is 5.39 Å². The predicted octanol–water partition coefficient (Wildman–Crippen LogP) is 7.37. The van der Waals surface area contributed by atoms with Crippen molar-refractivity contribution in [1.82, 2.24) is 14.9 Å². The minimum absolute atomic E-state index is 0.0265. The number of hydrogen-bond donors (Lipinski definition) is 0. The van der Waals surface area contributed by atoms with E-state index in [9.17, 15) is 8.78 Å². The van der Waals surface area contributed by atoms with Gasteiger partial charge in [-0.15, -0.1) is 6.42 Å². The molecule has 9 heteroatoms. The monoisotopic (exact) mass is 577 g/mol. The molecule has 0 unspecified atom stereocenters. The lowest BCUT2D eigenvalue weighted by molar-refractivity contribution is 0.0754. The third-order valence-corrected chi connectivity index (χ3v) is 8.32. The third-order valence-electron chi connectivity index (χ3n) is 8.32. The first-order valence-corrected chi connectivity index (χ1v) is 14.1. The highest BCUT2D eigenvalue weighted by atomic mass is 19.1. The van der Waals surface area contributed by atoms with Crippen LogP contribution in [0.15, 0.2) is 36.4 Å². The van der Waals surface area contributed by atoms with E-state index in [0.717, 1.165) is 38.3 Å². The molecule has 0 saturated carbocycles. The van der Waals surface area contributed by atoms with Gasteiger partial charge >= 0.3 is 6.01 Å². The van der Waals surface area contributed by atoms with E-state index in [-0.39, 0.29) is 57.5 Å². The molecule has 1 aromatic heterocycles. The van der Waals surface area contributed by atoms with Crippen LogP contribution in [0.1, 0.15) is 52.0 Å². The van der Waals surface area contributed by atoms with Crippen LogP contribution in [0, 0.1) is 29.8 Å². The fraction of sp³-hybridized carbons (Fsp3) is 0.394. The number of benzene rings is 3. The summed E-state index contributed by atoms with van der Waals surface area (Å²) in [5.41, 5.74) is -1.69. The molecular weight excluding hydrogens is 546 g/mol. The highest BCUT2D eigenvalue weighted by Crippen LogP contribution is 2.44. The fourth-order valence-electron chi connectivity index (χ4n) is 6.51. The molecule has 2 atom stereocenters. The van der Waals surface area contributed by atoms with E-state index in [4.69, 9.17) is 15.9 Å². The normalized spacial score (nSPS) is 20.7. The Hall–Kier alpha value is -3.90. The number of aromatic nitrogens is 2. The van der Waals surface area contributed by atoms with Gasteiger partial charge in [-0.1, -0.05) is 30.2 Å². The average Bonchev–Trinajstić information content (AvgIpc) is 3.51. The van der Waals surface area contributed by atoms with Crippen LogP contribution in [-0.4, -0.2) is 51.9 Å².